The summed E-state index contributed by atoms with van der Waals surface area (Å²) in [7, 11) is -4.00. The smallest absolute Gasteiger partial charge is 0.250 e. The number of nitrogens with one attached hydrogen (secondary N) is 1. The molecule has 1 unspecified atom stereocenters. The van der Waals surface area contributed by atoms with E-state index in [9.17, 15) is 22.7 Å². The van der Waals surface area contributed by atoms with Crippen LogP contribution in [0.25, 0.3) is 0 Å². The quantitative estimate of drug-likeness (QED) is 0.714. The summed E-state index contributed by atoms with van der Waals surface area (Å²) < 4.78 is 46.6. The second kappa shape index (κ2) is 8.24. The van der Waals surface area contributed by atoms with Crippen LogP contribution in [0.5, 0.6) is 5.75 Å². The van der Waals surface area contributed by atoms with Gasteiger partial charge in [-0.3, -0.25) is 4.79 Å². The van der Waals surface area contributed by atoms with Gasteiger partial charge < -0.3 is 14.4 Å². The third-order valence-corrected chi connectivity index (χ3v) is 4.75. The molecule has 0 amide bonds. The molecule has 1 atom stereocenters. The van der Waals surface area contributed by atoms with E-state index in [0.717, 1.165) is 6.07 Å². The fraction of sp³-hybridized carbons (Fsp3) is 0.312. The van der Waals surface area contributed by atoms with Crippen LogP contribution < -0.4 is 15.0 Å². The topological polar surface area (TPSA) is 97.6 Å². The molecule has 136 valence electrons. The lowest BCUT2D eigenvalue weighted by Gasteiger charge is -2.14. The maximum atomic E-state index is 13.8. The molecule has 1 heterocycles. The molecule has 0 radical (unpaired) electrons. The fourth-order valence-electron chi connectivity index (χ4n) is 2.11. The van der Waals surface area contributed by atoms with Crippen LogP contribution in [0.15, 0.2) is 52.3 Å². The van der Waals surface area contributed by atoms with Gasteiger partial charge in [-0.25, -0.2) is 17.5 Å². The first-order valence-corrected chi connectivity index (χ1v) is 9.07. The van der Waals surface area contributed by atoms with Crippen LogP contribution in [-0.4, -0.2) is 37.3 Å². The average molecular weight is 370 g/mol. The van der Waals surface area contributed by atoms with Gasteiger partial charge in [0.1, 0.15) is 0 Å². The molecule has 0 bridgehead atoms. The molecule has 7 nitrogen and oxygen atoms in total. The number of aromatic nitrogens is 1. The summed E-state index contributed by atoms with van der Waals surface area (Å²) in [6.07, 6.45) is 0.365. The van der Waals surface area contributed by atoms with E-state index in [0.29, 0.717) is 0 Å². The maximum absolute atomic E-state index is 13.8. The minimum absolute atomic E-state index is 0.0371. The monoisotopic (exact) mass is 370 g/mol. The van der Waals surface area contributed by atoms with Crippen molar-refractivity contribution >= 4 is 10.0 Å². The lowest BCUT2D eigenvalue weighted by molar-refractivity contribution is 0.156. The number of nitrogens with zero attached hydrogens (tertiary/aromatic N) is 1. The summed E-state index contributed by atoms with van der Waals surface area (Å²) in [5.74, 6) is -0.828. The van der Waals surface area contributed by atoms with Crippen molar-refractivity contribution in [3.05, 3.63) is 58.8 Å². The maximum Gasteiger partial charge on any atom is 0.250 e. The van der Waals surface area contributed by atoms with Crippen LogP contribution in [0.2, 0.25) is 0 Å². The van der Waals surface area contributed by atoms with Crippen LogP contribution in [-0.2, 0) is 16.6 Å². The molecular formula is C16H19FN2O5S. The van der Waals surface area contributed by atoms with Crippen molar-refractivity contribution in [1.82, 2.24) is 9.29 Å². The standard InChI is InChI=1S/C16H19FN2O5S/c1-2-24-15-7-6-13(9-14(15)17)25(22,23)18-10-12(20)11-19-8-4-3-5-16(19)21/h3-9,12,18,20H,2,10-11H2,1H3. The van der Waals surface area contributed by atoms with Gasteiger partial charge in [-0.15, -0.1) is 0 Å². The van der Waals surface area contributed by atoms with E-state index in [1.807, 2.05) is 0 Å². The van der Waals surface area contributed by atoms with E-state index in [-0.39, 0.29) is 35.9 Å². The minimum atomic E-state index is -4.00. The molecule has 1 aromatic carbocycles. The van der Waals surface area contributed by atoms with Crippen LogP contribution in [0.1, 0.15) is 6.92 Å². The molecule has 0 saturated heterocycles. The summed E-state index contributed by atoms with van der Waals surface area (Å²) in [5, 5.41) is 9.93. The van der Waals surface area contributed by atoms with E-state index in [1.54, 1.807) is 19.1 Å². The first-order chi connectivity index (χ1) is 11.8. The summed E-state index contributed by atoms with van der Waals surface area (Å²) in [5.41, 5.74) is -0.307. The second-order valence-electron chi connectivity index (χ2n) is 5.22. The van der Waals surface area contributed by atoms with Gasteiger partial charge in [0, 0.05) is 18.8 Å². The Hall–Kier alpha value is -2.23. The van der Waals surface area contributed by atoms with Gasteiger partial charge >= 0.3 is 0 Å². The molecule has 0 saturated carbocycles. The van der Waals surface area contributed by atoms with Crippen molar-refractivity contribution in [2.75, 3.05) is 13.2 Å². The fourth-order valence-corrected chi connectivity index (χ4v) is 3.20. The number of aliphatic hydroxyl groups is 1. The molecule has 0 aliphatic heterocycles. The number of sulfonamides is 1. The SMILES string of the molecule is CCOc1ccc(S(=O)(=O)NCC(O)Cn2ccccc2=O)cc1F. The van der Waals surface area contributed by atoms with Crippen LogP contribution in [0.3, 0.4) is 0 Å². The van der Waals surface area contributed by atoms with Gasteiger partial charge in [-0.1, -0.05) is 6.07 Å². The molecule has 0 aliphatic rings. The van der Waals surface area contributed by atoms with Gasteiger partial charge in [0.05, 0.1) is 24.2 Å². The Kier molecular flexibility index (Phi) is 6.29. The van der Waals surface area contributed by atoms with E-state index in [1.165, 1.54) is 29.0 Å². The predicted octanol–water partition coefficient (Wildman–Crippen LogP) is 0.725. The first kappa shape index (κ1) is 19.1. The third kappa shape index (κ3) is 5.12. The van der Waals surface area contributed by atoms with E-state index in [2.05, 4.69) is 4.72 Å². The Morgan fingerprint density at radius 1 is 1.32 bits per heavy atom. The molecule has 25 heavy (non-hydrogen) atoms. The minimum Gasteiger partial charge on any atom is -0.491 e. The Labute approximate surface area is 144 Å². The van der Waals surface area contributed by atoms with Crippen molar-refractivity contribution in [3.63, 3.8) is 0 Å². The number of halogens is 1. The van der Waals surface area contributed by atoms with Crippen LogP contribution in [0, 0.1) is 5.82 Å². The highest BCUT2D eigenvalue weighted by molar-refractivity contribution is 7.89. The van der Waals surface area contributed by atoms with Crippen molar-refractivity contribution in [3.8, 4) is 5.75 Å². The van der Waals surface area contributed by atoms with Gasteiger partial charge in [-0.2, -0.15) is 0 Å². The number of aliphatic hydroxyl groups excluding tert-OH is 1. The summed E-state index contributed by atoms with van der Waals surface area (Å²) in [4.78, 5) is 11.3. The first-order valence-electron chi connectivity index (χ1n) is 7.59. The number of ether oxygens (including phenoxy) is 1. The van der Waals surface area contributed by atoms with E-state index in [4.69, 9.17) is 4.74 Å². The molecule has 2 rings (SSSR count). The number of rotatable bonds is 8. The Morgan fingerprint density at radius 3 is 2.72 bits per heavy atom. The zero-order chi connectivity index (χ0) is 18.4. The van der Waals surface area contributed by atoms with Crippen LogP contribution >= 0.6 is 0 Å². The predicted molar refractivity (Wildman–Crippen MR) is 89.5 cm³/mol. The van der Waals surface area contributed by atoms with Crippen molar-refractivity contribution < 1.29 is 22.7 Å². The highest BCUT2D eigenvalue weighted by Gasteiger charge is 2.18. The molecule has 0 aliphatic carbocycles. The Morgan fingerprint density at radius 2 is 2.08 bits per heavy atom. The van der Waals surface area contributed by atoms with Crippen molar-refractivity contribution in [1.29, 1.82) is 0 Å². The Bertz CT molecular complexity index is 882. The summed E-state index contributed by atoms with van der Waals surface area (Å²) in [6.45, 7) is 1.55. The average Bonchev–Trinajstić information content (AvgIpc) is 2.57. The molecule has 0 spiro atoms. The lowest BCUT2D eigenvalue weighted by atomic mass is 10.3. The molecule has 1 aromatic heterocycles. The molecule has 0 fully saturated rings. The number of hydrogen-bond donors (Lipinski definition) is 2. The van der Waals surface area contributed by atoms with Crippen molar-refractivity contribution in [2.24, 2.45) is 0 Å². The van der Waals surface area contributed by atoms with Gasteiger partial charge in [-0.05, 0) is 31.2 Å². The molecule has 2 aromatic rings. The third-order valence-electron chi connectivity index (χ3n) is 3.33. The summed E-state index contributed by atoms with van der Waals surface area (Å²) >= 11 is 0. The van der Waals surface area contributed by atoms with E-state index >= 15 is 0 Å². The normalized spacial score (nSPS) is 12.8. The zero-order valence-corrected chi connectivity index (χ0v) is 14.4. The van der Waals surface area contributed by atoms with Crippen molar-refractivity contribution in [2.45, 2.75) is 24.5 Å². The number of pyridine rings is 1. The van der Waals surface area contributed by atoms with Gasteiger partial charge in [0.25, 0.3) is 5.56 Å². The highest BCUT2D eigenvalue weighted by Crippen LogP contribution is 2.20. The second-order valence-corrected chi connectivity index (χ2v) is 6.99. The van der Waals surface area contributed by atoms with E-state index < -0.39 is 21.9 Å². The zero-order valence-electron chi connectivity index (χ0n) is 13.6. The Balaban J connectivity index is 2.02. The number of benzene rings is 1. The number of hydrogen-bond acceptors (Lipinski definition) is 5. The van der Waals surface area contributed by atoms with Gasteiger partial charge in [0.15, 0.2) is 11.6 Å². The molecular weight excluding hydrogens is 351 g/mol. The molecule has 9 heteroatoms. The largest absolute Gasteiger partial charge is 0.491 e. The van der Waals surface area contributed by atoms with Crippen LogP contribution in [0.4, 0.5) is 4.39 Å². The lowest BCUT2D eigenvalue weighted by Crippen LogP contribution is -2.36. The highest BCUT2D eigenvalue weighted by atomic mass is 32.2. The molecule has 2 N–H and O–H groups in total. The summed E-state index contributed by atoms with van der Waals surface area (Å²) in [6, 6.07) is 7.81. The van der Waals surface area contributed by atoms with Gasteiger partial charge in [0.2, 0.25) is 10.0 Å².